The summed E-state index contributed by atoms with van der Waals surface area (Å²) < 4.78 is 21.6. The first-order chi connectivity index (χ1) is 13.0. The van der Waals surface area contributed by atoms with E-state index in [1.54, 1.807) is 12.1 Å². The van der Waals surface area contributed by atoms with Crippen molar-refractivity contribution in [3.63, 3.8) is 0 Å². The van der Waals surface area contributed by atoms with Crippen LogP contribution >= 0.6 is 23.1 Å². The summed E-state index contributed by atoms with van der Waals surface area (Å²) in [6.07, 6.45) is 0. The lowest BCUT2D eigenvalue weighted by Crippen LogP contribution is -1.99. The Kier molecular flexibility index (Phi) is 6.02. The summed E-state index contributed by atoms with van der Waals surface area (Å²) in [7, 11) is 4.61. The quantitative estimate of drug-likeness (QED) is 0.408. The van der Waals surface area contributed by atoms with Gasteiger partial charge in [0.05, 0.1) is 32.0 Å². The van der Waals surface area contributed by atoms with Crippen molar-refractivity contribution >= 4 is 28.9 Å². The number of methoxy groups -OCH3 is 3. The number of thioether (sulfide) groups is 1. The van der Waals surface area contributed by atoms with Crippen molar-refractivity contribution in [2.75, 3.05) is 27.1 Å². The first-order valence-corrected chi connectivity index (χ1v) is 9.72. The van der Waals surface area contributed by atoms with E-state index >= 15 is 0 Å². The van der Waals surface area contributed by atoms with Gasteiger partial charge in [0.2, 0.25) is 11.6 Å². The van der Waals surface area contributed by atoms with Crippen molar-refractivity contribution in [2.24, 2.45) is 0 Å². The lowest BCUT2D eigenvalue weighted by molar-refractivity contribution is 0.102. The number of thiophene rings is 1. The summed E-state index contributed by atoms with van der Waals surface area (Å²) in [5, 5.41) is 8.37. The number of nitrogens with zero attached hydrogens (tertiary/aromatic N) is 2. The van der Waals surface area contributed by atoms with Crippen molar-refractivity contribution in [1.29, 1.82) is 0 Å². The molecule has 0 aliphatic carbocycles. The topological polar surface area (TPSA) is 83.7 Å². The number of aryl methyl sites for hydroxylation is 1. The normalized spacial score (nSPS) is 10.7. The third kappa shape index (κ3) is 4.25. The van der Waals surface area contributed by atoms with Crippen molar-refractivity contribution in [3.05, 3.63) is 34.0 Å². The average molecular weight is 406 g/mol. The first kappa shape index (κ1) is 19.2. The molecular formula is C18H18N2O5S2. The fraction of sp³-hybridized carbons (Fsp3) is 0.278. The second-order valence-electron chi connectivity index (χ2n) is 5.41. The van der Waals surface area contributed by atoms with Crippen LogP contribution in [0.4, 0.5) is 0 Å². The fourth-order valence-corrected chi connectivity index (χ4v) is 3.92. The van der Waals surface area contributed by atoms with Crippen LogP contribution in [0.3, 0.4) is 0 Å². The highest BCUT2D eigenvalue weighted by molar-refractivity contribution is 7.99. The lowest BCUT2D eigenvalue weighted by Gasteiger charge is -2.12. The first-order valence-electron chi connectivity index (χ1n) is 7.92. The Hall–Kier alpha value is -2.52. The molecule has 27 heavy (non-hydrogen) atoms. The van der Waals surface area contributed by atoms with Crippen LogP contribution in [0.5, 0.6) is 17.2 Å². The van der Waals surface area contributed by atoms with Crippen LogP contribution in [0.1, 0.15) is 14.5 Å². The molecule has 0 amide bonds. The van der Waals surface area contributed by atoms with Crippen LogP contribution in [0.2, 0.25) is 0 Å². The third-order valence-corrected chi connectivity index (χ3v) is 5.52. The lowest BCUT2D eigenvalue weighted by atomic mass is 10.2. The highest BCUT2D eigenvalue weighted by atomic mass is 32.2. The molecule has 1 aromatic carbocycles. The van der Waals surface area contributed by atoms with Gasteiger partial charge in [0.1, 0.15) is 0 Å². The zero-order valence-corrected chi connectivity index (χ0v) is 16.9. The number of aromatic nitrogens is 2. The Morgan fingerprint density at radius 3 is 2.37 bits per heavy atom. The van der Waals surface area contributed by atoms with Crippen LogP contribution in [0.25, 0.3) is 11.5 Å². The zero-order valence-electron chi connectivity index (χ0n) is 15.3. The Balaban J connectivity index is 1.76. The largest absolute Gasteiger partial charge is 0.493 e. The fourth-order valence-electron chi connectivity index (χ4n) is 2.37. The van der Waals surface area contributed by atoms with Crippen LogP contribution < -0.4 is 14.2 Å². The monoisotopic (exact) mass is 406 g/mol. The van der Waals surface area contributed by atoms with Crippen LogP contribution in [0, 0.1) is 6.92 Å². The van der Waals surface area contributed by atoms with Gasteiger partial charge in [-0.05, 0) is 31.2 Å². The van der Waals surface area contributed by atoms with Gasteiger partial charge in [0.15, 0.2) is 17.3 Å². The standard InChI is InChI=1S/C18H18N2O5S2/c1-10-5-6-15(27-10)12(21)9-26-18-20-19-17(25-18)11-7-13(22-2)16(24-4)14(8-11)23-3/h5-8H,9H2,1-4H3. The van der Waals surface area contributed by atoms with E-state index < -0.39 is 0 Å². The number of ketones is 1. The minimum absolute atomic E-state index is 0.0330. The summed E-state index contributed by atoms with van der Waals surface area (Å²) in [5.41, 5.74) is 0.629. The molecule has 0 unspecified atom stereocenters. The number of carbonyl (C=O) groups excluding carboxylic acids is 1. The number of benzene rings is 1. The Labute approximate surface area is 164 Å². The summed E-state index contributed by atoms with van der Waals surface area (Å²) in [4.78, 5) is 14.0. The van der Waals surface area contributed by atoms with Gasteiger partial charge in [-0.2, -0.15) is 0 Å². The summed E-state index contributed by atoms with van der Waals surface area (Å²) >= 11 is 2.68. The van der Waals surface area contributed by atoms with E-state index in [9.17, 15) is 4.79 Å². The summed E-state index contributed by atoms with van der Waals surface area (Å²) in [5.74, 6) is 2.03. The Morgan fingerprint density at radius 1 is 1.11 bits per heavy atom. The molecule has 3 rings (SSSR count). The minimum Gasteiger partial charge on any atom is -0.493 e. The SMILES string of the molecule is COc1cc(-c2nnc(SCC(=O)c3ccc(C)s3)o2)cc(OC)c1OC. The Bertz CT molecular complexity index is 926. The summed E-state index contributed by atoms with van der Waals surface area (Å²) in [6.45, 7) is 1.97. The molecule has 7 nitrogen and oxygen atoms in total. The molecule has 2 aromatic heterocycles. The van der Waals surface area contributed by atoms with Crippen molar-refractivity contribution in [2.45, 2.75) is 12.1 Å². The molecule has 0 N–H and O–H groups in total. The Morgan fingerprint density at radius 2 is 1.81 bits per heavy atom. The van der Waals surface area contributed by atoms with E-state index in [4.69, 9.17) is 18.6 Å². The van der Waals surface area contributed by atoms with Crippen molar-refractivity contribution < 1.29 is 23.4 Å². The maximum absolute atomic E-state index is 12.2. The molecule has 0 saturated heterocycles. The molecule has 0 atom stereocenters. The van der Waals surface area contributed by atoms with E-state index in [0.717, 1.165) is 9.75 Å². The zero-order chi connectivity index (χ0) is 19.4. The molecule has 0 aliphatic rings. The number of hydrogen-bond acceptors (Lipinski definition) is 9. The number of ether oxygens (including phenoxy) is 3. The van der Waals surface area contributed by atoms with Crippen LogP contribution in [-0.2, 0) is 0 Å². The van der Waals surface area contributed by atoms with Gasteiger partial charge >= 0.3 is 0 Å². The number of rotatable bonds is 8. The molecule has 0 saturated carbocycles. The molecular weight excluding hydrogens is 388 g/mol. The maximum atomic E-state index is 12.2. The van der Waals surface area contributed by atoms with E-state index in [-0.39, 0.29) is 11.5 Å². The van der Waals surface area contributed by atoms with Crippen molar-refractivity contribution in [3.8, 4) is 28.7 Å². The minimum atomic E-state index is 0.0330. The predicted octanol–water partition coefficient (Wildman–Crippen LogP) is 4.11. The number of Topliss-reactive ketones (excluding diaryl/α,β-unsaturated/α-hetero) is 1. The maximum Gasteiger partial charge on any atom is 0.277 e. The smallest absolute Gasteiger partial charge is 0.277 e. The number of hydrogen-bond donors (Lipinski definition) is 0. The van der Waals surface area contributed by atoms with Crippen LogP contribution in [-0.4, -0.2) is 43.1 Å². The molecule has 2 heterocycles. The van der Waals surface area contributed by atoms with Gasteiger partial charge in [-0.1, -0.05) is 11.8 Å². The van der Waals surface area contributed by atoms with Gasteiger partial charge in [0, 0.05) is 10.4 Å². The second kappa shape index (κ2) is 8.45. The van der Waals surface area contributed by atoms with Gasteiger partial charge in [-0.25, -0.2) is 0 Å². The highest BCUT2D eigenvalue weighted by Gasteiger charge is 2.18. The number of carbonyl (C=O) groups is 1. The average Bonchev–Trinajstić information content (AvgIpc) is 3.34. The predicted molar refractivity (Wildman–Crippen MR) is 104 cm³/mol. The van der Waals surface area contributed by atoms with Gasteiger partial charge in [0.25, 0.3) is 5.22 Å². The molecule has 0 bridgehead atoms. The van der Waals surface area contributed by atoms with Crippen LogP contribution in [0.15, 0.2) is 33.9 Å². The van der Waals surface area contributed by atoms with Gasteiger partial charge in [-0.15, -0.1) is 21.5 Å². The second-order valence-corrected chi connectivity index (χ2v) is 7.62. The third-order valence-electron chi connectivity index (χ3n) is 3.66. The molecule has 3 aromatic rings. The molecule has 0 aliphatic heterocycles. The van der Waals surface area contributed by atoms with Gasteiger partial charge < -0.3 is 18.6 Å². The molecule has 142 valence electrons. The molecule has 9 heteroatoms. The molecule has 0 radical (unpaired) electrons. The summed E-state index contributed by atoms with van der Waals surface area (Å²) in [6, 6.07) is 7.21. The molecule has 0 fully saturated rings. The van der Waals surface area contributed by atoms with E-state index in [1.807, 2.05) is 19.1 Å². The van der Waals surface area contributed by atoms with E-state index in [1.165, 1.54) is 44.4 Å². The van der Waals surface area contributed by atoms with Crippen molar-refractivity contribution in [1.82, 2.24) is 10.2 Å². The van der Waals surface area contributed by atoms with E-state index in [2.05, 4.69) is 10.2 Å². The van der Waals surface area contributed by atoms with E-state index in [0.29, 0.717) is 33.9 Å². The molecule has 0 spiro atoms. The highest BCUT2D eigenvalue weighted by Crippen LogP contribution is 2.41. The van der Waals surface area contributed by atoms with Gasteiger partial charge in [-0.3, -0.25) is 4.79 Å².